The van der Waals surface area contributed by atoms with Crippen LogP contribution in [0.15, 0.2) is 59.5 Å². The van der Waals surface area contributed by atoms with Gasteiger partial charge in [-0.1, -0.05) is 30.3 Å². The number of ether oxygens (including phenoxy) is 1. The van der Waals surface area contributed by atoms with Crippen LogP contribution in [-0.2, 0) is 29.8 Å². The Kier molecular flexibility index (Phi) is 6.02. The van der Waals surface area contributed by atoms with Crippen LogP contribution in [0, 0.1) is 0 Å². The van der Waals surface area contributed by atoms with E-state index in [9.17, 15) is 18.0 Å². The normalized spacial score (nSPS) is 12.9. The molecule has 7 nitrogen and oxygen atoms in total. The number of carbonyl (C=O) groups is 2. The molecule has 0 aliphatic heterocycles. The van der Waals surface area contributed by atoms with Crippen molar-refractivity contribution in [3.8, 4) is 0 Å². The lowest BCUT2D eigenvalue weighted by Gasteiger charge is -2.25. The van der Waals surface area contributed by atoms with E-state index >= 15 is 0 Å². The number of carbonyl (C=O) groups excluding carboxylic acids is 2. The van der Waals surface area contributed by atoms with E-state index < -0.39 is 33.4 Å². The summed E-state index contributed by atoms with van der Waals surface area (Å²) in [6, 6.07) is 14.5. The highest BCUT2D eigenvalue weighted by atomic mass is 32.2. The fraction of sp³-hybridized carbons (Fsp3) is 0.263. The number of rotatable bonds is 6. The molecule has 0 aliphatic rings. The average Bonchev–Trinajstić information content (AvgIpc) is 2.62. The number of hydrogen-bond donors (Lipinski definition) is 2. The molecule has 144 valence electrons. The van der Waals surface area contributed by atoms with E-state index in [2.05, 4.69) is 5.32 Å². The lowest BCUT2D eigenvalue weighted by atomic mass is 9.85. The topological polar surface area (TPSA) is 116 Å². The predicted molar refractivity (Wildman–Crippen MR) is 101 cm³/mol. The van der Waals surface area contributed by atoms with Gasteiger partial charge in [-0.2, -0.15) is 0 Å². The molecule has 2 rings (SSSR count). The molecule has 2 aromatic carbocycles. The molecular weight excluding hydrogens is 368 g/mol. The molecular formula is C19H22N2O5S. The minimum atomic E-state index is -3.81. The predicted octanol–water partition coefficient (Wildman–Crippen LogP) is 2.18. The van der Waals surface area contributed by atoms with Crippen LogP contribution < -0.4 is 10.5 Å². The Bertz CT molecular complexity index is 922. The Morgan fingerprint density at radius 2 is 1.59 bits per heavy atom. The molecule has 0 heterocycles. The van der Waals surface area contributed by atoms with Crippen LogP contribution in [0.3, 0.4) is 0 Å². The summed E-state index contributed by atoms with van der Waals surface area (Å²) >= 11 is 0. The van der Waals surface area contributed by atoms with Gasteiger partial charge in [0.05, 0.1) is 10.3 Å². The lowest BCUT2D eigenvalue weighted by Crippen LogP contribution is -2.37. The molecule has 0 bridgehead atoms. The molecule has 1 amide bonds. The number of benzene rings is 2. The van der Waals surface area contributed by atoms with Crippen LogP contribution in [0.5, 0.6) is 0 Å². The first-order chi connectivity index (χ1) is 12.5. The molecule has 0 radical (unpaired) electrons. The zero-order valence-electron chi connectivity index (χ0n) is 15.3. The van der Waals surface area contributed by atoms with E-state index in [1.807, 2.05) is 30.3 Å². The van der Waals surface area contributed by atoms with Gasteiger partial charge in [0, 0.05) is 5.69 Å². The van der Waals surface area contributed by atoms with Gasteiger partial charge in [-0.25, -0.2) is 13.6 Å². The van der Waals surface area contributed by atoms with Crippen molar-refractivity contribution < 1.29 is 22.7 Å². The van der Waals surface area contributed by atoms with Crippen LogP contribution in [0.25, 0.3) is 0 Å². The van der Waals surface area contributed by atoms with Crippen molar-refractivity contribution in [2.75, 3.05) is 5.32 Å². The molecule has 0 saturated heterocycles. The van der Waals surface area contributed by atoms with Crippen molar-refractivity contribution >= 4 is 27.6 Å². The van der Waals surface area contributed by atoms with Gasteiger partial charge >= 0.3 is 5.97 Å². The second-order valence-electron chi connectivity index (χ2n) is 6.60. The maximum absolute atomic E-state index is 12.5. The number of hydrogen-bond acceptors (Lipinski definition) is 5. The fourth-order valence-corrected chi connectivity index (χ4v) is 2.82. The van der Waals surface area contributed by atoms with Gasteiger partial charge in [0.25, 0.3) is 5.91 Å². The third-order valence-corrected chi connectivity index (χ3v) is 5.04. The van der Waals surface area contributed by atoms with E-state index in [1.165, 1.54) is 31.2 Å². The molecule has 0 unspecified atom stereocenters. The summed E-state index contributed by atoms with van der Waals surface area (Å²) in [4.78, 5) is 24.7. The summed E-state index contributed by atoms with van der Waals surface area (Å²) < 4.78 is 27.8. The minimum absolute atomic E-state index is 0.0652. The van der Waals surface area contributed by atoms with Gasteiger partial charge in [-0.3, -0.25) is 9.59 Å². The van der Waals surface area contributed by atoms with E-state index in [0.29, 0.717) is 5.69 Å². The number of nitrogens with two attached hydrogens (primary N) is 1. The third-order valence-electron chi connectivity index (χ3n) is 4.11. The lowest BCUT2D eigenvalue weighted by molar-refractivity contribution is -0.158. The number of primary sulfonamides is 1. The van der Waals surface area contributed by atoms with Gasteiger partial charge in [0.15, 0.2) is 6.10 Å². The van der Waals surface area contributed by atoms with Crippen molar-refractivity contribution in [1.82, 2.24) is 0 Å². The van der Waals surface area contributed by atoms with Gasteiger partial charge in [-0.05, 0) is 50.6 Å². The SMILES string of the molecule is C[C@H](OC(=O)C(C)(C)c1ccccc1)C(=O)Nc1ccc(S(N)(=O)=O)cc1. The molecule has 0 fully saturated rings. The standard InChI is InChI=1S/C19H22N2O5S/c1-13(26-18(23)19(2,3)14-7-5-4-6-8-14)17(22)21-15-9-11-16(12-10-15)27(20,24)25/h4-13H,1-3H3,(H,21,22)(H2,20,24,25)/t13-/m0/s1. The van der Waals surface area contributed by atoms with E-state index in [1.54, 1.807) is 13.8 Å². The molecule has 0 aromatic heterocycles. The van der Waals surface area contributed by atoms with Gasteiger partial charge < -0.3 is 10.1 Å². The molecule has 0 aliphatic carbocycles. The monoisotopic (exact) mass is 390 g/mol. The van der Waals surface area contributed by atoms with Crippen molar-refractivity contribution in [1.29, 1.82) is 0 Å². The molecule has 8 heteroatoms. The Morgan fingerprint density at radius 1 is 1.04 bits per heavy atom. The Hall–Kier alpha value is -2.71. The Balaban J connectivity index is 2.02. The summed E-state index contributed by atoms with van der Waals surface area (Å²) in [6.07, 6.45) is -1.03. The quantitative estimate of drug-likeness (QED) is 0.734. The van der Waals surface area contributed by atoms with E-state index in [-0.39, 0.29) is 4.90 Å². The highest BCUT2D eigenvalue weighted by Gasteiger charge is 2.33. The van der Waals surface area contributed by atoms with Crippen LogP contribution in [0.2, 0.25) is 0 Å². The summed E-state index contributed by atoms with van der Waals surface area (Å²) in [5.41, 5.74) is 0.228. The summed E-state index contributed by atoms with van der Waals surface area (Å²) in [7, 11) is -3.81. The first kappa shape index (κ1) is 20.6. The first-order valence-electron chi connectivity index (χ1n) is 8.22. The largest absolute Gasteiger partial charge is 0.452 e. The maximum Gasteiger partial charge on any atom is 0.316 e. The van der Waals surface area contributed by atoms with E-state index in [0.717, 1.165) is 5.56 Å². The minimum Gasteiger partial charge on any atom is -0.452 e. The van der Waals surface area contributed by atoms with Gasteiger partial charge in [-0.15, -0.1) is 0 Å². The molecule has 1 atom stereocenters. The van der Waals surface area contributed by atoms with Crippen molar-refractivity contribution in [2.45, 2.75) is 37.2 Å². The fourth-order valence-electron chi connectivity index (χ4n) is 2.31. The maximum atomic E-state index is 12.5. The highest BCUT2D eigenvalue weighted by molar-refractivity contribution is 7.89. The van der Waals surface area contributed by atoms with E-state index in [4.69, 9.17) is 9.88 Å². The Labute approximate surface area is 158 Å². The van der Waals surface area contributed by atoms with Crippen LogP contribution in [0.4, 0.5) is 5.69 Å². The van der Waals surface area contributed by atoms with Gasteiger partial charge in [0.1, 0.15) is 0 Å². The summed E-state index contributed by atoms with van der Waals surface area (Å²) in [6.45, 7) is 4.91. The zero-order valence-corrected chi connectivity index (χ0v) is 16.1. The van der Waals surface area contributed by atoms with Crippen LogP contribution in [0.1, 0.15) is 26.3 Å². The number of amides is 1. The average molecular weight is 390 g/mol. The Morgan fingerprint density at radius 3 is 2.11 bits per heavy atom. The molecule has 0 spiro atoms. The summed E-state index contributed by atoms with van der Waals surface area (Å²) in [5.74, 6) is -1.06. The van der Waals surface area contributed by atoms with Crippen molar-refractivity contribution in [2.24, 2.45) is 5.14 Å². The number of anilines is 1. The second kappa shape index (κ2) is 7.89. The number of sulfonamides is 1. The molecule has 2 aromatic rings. The molecule has 0 saturated carbocycles. The van der Waals surface area contributed by atoms with Crippen molar-refractivity contribution in [3.05, 3.63) is 60.2 Å². The van der Waals surface area contributed by atoms with Crippen molar-refractivity contribution in [3.63, 3.8) is 0 Å². The second-order valence-corrected chi connectivity index (χ2v) is 8.16. The zero-order chi connectivity index (χ0) is 20.2. The first-order valence-corrected chi connectivity index (χ1v) is 9.77. The third kappa shape index (κ3) is 5.15. The number of nitrogens with one attached hydrogen (secondary N) is 1. The summed E-state index contributed by atoms with van der Waals surface area (Å²) in [5, 5.41) is 7.59. The highest BCUT2D eigenvalue weighted by Crippen LogP contribution is 2.25. The smallest absolute Gasteiger partial charge is 0.316 e. The molecule has 27 heavy (non-hydrogen) atoms. The molecule has 3 N–H and O–H groups in total. The number of esters is 1. The van der Waals surface area contributed by atoms with Crippen LogP contribution >= 0.6 is 0 Å². The van der Waals surface area contributed by atoms with Crippen LogP contribution in [-0.4, -0.2) is 26.4 Å². The van der Waals surface area contributed by atoms with Gasteiger partial charge in [0.2, 0.25) is 10.0 Å².